The van der Waals surface area contributed by atoms with Crippen LogP contribution in [0.5, 0.6) is 0 Å². The lowest BCUT2D eigenvalue weighted by Gasteiger charge is -1.95. The number of fused-ring (bicyclic) bond motifs is 1. The maximum Gasteiger partial charge on any atom is 0.358 e. The number of pyridine rings is 1. The Hall–Kier alpha value is -2.17. The highest BCUT2D eigenvalue weighted by atomic mass is 16.5. The van der Waals surface area contributed by atoms with E-state index >= 15 is 0 Å². The van der Waals surface area contributed by atoms with Crippen LogP contribution in [-0.4, -0.2) is 28.2 Å². The molecule has 5 nitrogen and oxygen atoms in total. The molecule has 2 aromatic rings. The summed E-state index contributed by atoms with van der Waals surface area (Å²) < 4.78 is 6.45. The number of hydrogen-bond acceptors (Lipinski definition) is 4. The van der Waals surface area contributed by atoms with Crippen molar-refractivity contribution in [3.8, 4) is 0 Å². The highest BCUT2D eigenvalue weighted by Crippen LogP contribution is 2.07. The summed E-state index contributed by atoms with van der Waals surface area (Å²) in [7, 11) is 0. The monoisotopic (exact) mass is 218 g/mol. The van der Waals surface area contributed by atoms with Gasteiger partial charge in [0, 0.05) is 18.0 Å². The summed E-state index contributed by atoms with van der Waals surface area (Å²) in [5.74, 6) is -0.459. The van der Waals surface area contributed by atoms with Gasteiger partial charge in [0.25, 0.3) is 0 Å². The number of hydrogen-bond donors (Lipinski definition) is 0. The lowest BCUT2D eigenvalue weighted by atomic mass is 10.3. The van der Waals surface area contributed by atoms with Crippen LogP contribution in [0, 0.1) is 0 Å². The smallest absolute Gasteiger partial charge is 0.358 e. The summed E-state index contributed by atoms with van der Waals surface area (Å²) in [6.45, 7) is 2.05. The minimum absolute atomic E-state index is 0.241. The van der Waals surface area contributed by atoms with Gasteiger partial charge in [0.05, 0.1) is 6.61 Å². The molecule has 0 radical (unpaired) electrons. The van der Waals surface area contributed by atoms with Gasteiger partial charge in [-0.15, -0.1) is 0 Å². The molecule has 0 saturated carbocycles. The first kappa shape index (κ1) is 10.4. The van der Waals surface area contributed by atoms with E-state index in [0.717, 1.165) is 6.29 Å². The molecule has 0 aliphatic carbocycles. The van der Waals surface area contributed by atoms with Gasteiger partial charge in [-0.1, -0.05) is 0 Å². The largest absolute Gasteiger partial charge is 0.461 e. The van der Waals surface area contributed by atoms with Gasteiger partial charge in [-0.2, -0.15) is 0 Å². The predicted molar refractivity (Wildman–Crippen MR) is 56.5 cm³/mol. The number of carbonyl (C=O) groups excluding carboxylic acids is 2. The average molecular weight is 218 g/mol. The number of aromatic nitrogens is 2. The molecule has 0 bridgehead atoms. The average Bonchev–Trinajstić information content (AvgIpc) is 2.71. The predicted octanol–water partition coefficient (Wildman–Crippen LogP) is 1.32. The Morgan fingerprint density at radius 2 is 2.31 bits per heavy atom. The van der Waals surface area contributed by atoms with E-state index in [-0.39, 0.29) is 5.69 Å². The molecule has 2 rings (SSSR count). The van der Waals surface area contributed by atoms with Crippen LogP contribution in [0.15, 0.2) is 24.5 Å². The highest BCUT2D eigenvalue weighted by molar-refractivity contribution is 5.88. The fourth-order valence-corrected chi connectivity index (χ4v) is 1.38. The van der Waals surface area contributed by atoms with Gasteiger partial charge in [0.1, 0.15) is 5.65 Å². The van der Waals surface area contributed by atoms with Crippen molar-refractivity contribution in [3.05, 3.63) is 35.8 Å². The second kappa shape index (κ2) is 4.14. The number of ether oxygens (including phenoxy) is 1. The van der Waals surface area contributed by atoms with E-state index in [9.17, 15) is 9.59 Å². The first-order valence-electron chi connectivity index (χ1n) is 4.85. The fraction of sp³-hybridized carbons (Fsp3) is 0.182. The molecule has 2 aromatic heterocycles. The zero-order valence-corrected chi connectivity index (χ0v) is 8.71. The molecule has 2 heterocycles. The zero-order chi connectivity index (χ0) is 11.5. The normalized spacial score (nSPS) is 10.3. The molecule has 0 aliphatic rings. The van der Waals surface area contributed by atoms with E-state index in [1.807, 2.05) is 0 Å². The second-order valence-corrected chi connectivity index (χ2v) is 3.19. The van der Waals surface area contributed by atoms with Crippen LogP contribution >= 0.6 is 0 Å². The van der Waals surface area contributed by atoms with Gasteiger partial charge in [-0.3, -0.25) is 4.79 Å². The van der Waals surface area contributed by atoms with Crippen molar-refractivity contribution >= 4 is 17.9 Å². The Balaban J connectivity index is 2.43. The lowest BCUT2D eigenvalue weighted by Crippen LogP contribution is -2.04. The molecule has 82 valence electrons. The third-order valence-electron chi connectivity index (χ3n) is 2.09. The standard InChI is InChI=1S/C11H10N2O3/c1-2-16-11(15)9-6-13-5-8(7-14)3-4-10(13)12-9/h3-7H,2H2,1H3. The molecular formula is C11H10N2O3. The van der Waals surface area contributed by atoms with Crippen LogP contribution in [0.2, 0.25) is 0 Å². The van der Waals surface area contributed by atoms with E-state index in [1.165, 1.54) is 0 Å². The van der Waals surface area contributed by atoms with E-state index in [4.69, 9.17) is 4.74 Å². The summed E-state index contributed by atoms with van der Waals surface area (Å²) in [6.07, 6.45) is 3.89. The Bertz CT molecular complexity index is 545. The van der Waals surface area contributed by atoms with Crippen LogP contribution in [0.4, 0.5) is 0 Å². The molecule has 0 saturated heterocycles. The Kier molecular flexibility index (Phi) is 2.68. The van der Waals surface area contributed by atoms with E-state index in [1.54, 1.807) is 35.9 Å². The van der Waals surface area contributed by atoms with Crippen molar-refractivity contribution < 1.29 is 14.3 Å². The number of imidazole rings is 1. The minimum atomic E-state index is -0.459. The molecule has 0 aromatic carbocycles. The minimum Gasteiger partial charge on any atom is -0.461 e. The van der Waals surface area contributed by atoms with E-state index in [0.29, 0.717) is 17.8 Å². The molecule has 5 heteroatoms. The zero-order valence-electron chi connectivity index (χ0n) is 8.71. The van der Waals surface area contributed by atoms with Crippen LogP contribution < -0.4 is 0 Å². The summed E-state index contributed by atoms with van der Waals surface area (Å²) in [5.41, 5.74) is 1.37. The van der Waals surface area contributed by atoms with Gasteiger partial charge in [0.2, 0.25) is 0 Å². The van der Waals surface area contributed by atoms with Gasteiger partial charge < -0.3 is 9.14 Å². The van der Waals surface area contributed by atoms with E-state index < -0.39 is 5.97 Å². The number of esters is 1. The number of carbonyl (C=O) groups is 2. The maximum atomic E-state index is 11.4. The van der Waals surface area contributed by atoms with Gasteiger partial charge in [0.15, 0.2) is 12.0 Å². The number of aldehydes is 1. The van der Waals surface area contributed by atoms with Gasteiger partial charge in [-0.25, -0.2) is 9.78 Å². The molecule has 0 amide bonds. The first-order chi connectivity index (χ1) is 7.74. The fourth-order valence-electron chi connectivity index (χ4n) is 1.38. The Morgan fingerprint density at radius 1 is 1.50 bits per heavy atom. The molecule has 0 unspecified atom stereocenters. The summed E-state index contributed by atoms with van der Waals surface area (Å²) in [4.78, 5) is 26.0. The van der Waals surface area contributed by atoms with E-state index in [2.05, 4.69) is 4.98 Å². The Labute approximate surface area is 91.7 Å². The van der Waals surface area contributed by atoms with Gasteiger partial charge in [-0.05, 0) is 19.1 Å². The third-order valence-corrected chi connectivity index (χ3v) is 2.09. The summed E-state index contributed by atoms with van der Waals surface area (Å²) >= 11 is 0. The third kappa shape index (κ3) is 1.79. The quantitative estimate of drug-likeness (QED) is 0.576. The molecule has 0 N–H and O–H groups in total. The molecule has 0 fully saturated rings. The first-order valence-corrected chi connectivity index (χ1v) is 4.85. The molecular weight excluding hydrogens is 208 g/mol. The molecule has 16 heavy (non-hydrogen) atoms. The summed E-state index contributed by atoms with van der Waals surface area (Å²) in [6, 6.07) is 3.32. The van der Waals surface area contributed by atoms with Crippen LogP contribution in [0.3, 0.4) is 0 Å². The maximum absolute atomic E-state index is 11.4. The van der Waals surface area contributed by atoms with Crippen LogP contribution in [-0.2, 0) is 4.74 Å². The van der Waals surface area contributed by atoms with Crippen molar-refractivity contribution in [2.24, 2.45) is 0 Å². The van der Waals surface area contributed by atoms with Gasteiger partial charge >= 0.3 is 5.97 Å². The topological polar surface area (TPSA) is 60.7 Å². The lowest BCUT2D eigenvalue weighted by molar-refractivity contribution is 0.0520. The van der Waals surface area contributed by atoms with Crippen molar-refractivity contribution in [2.75, 3.05) is 6.61 Å². The SMILES string of the molecule is CCOC(=O)c1cn2cc(C=O)ccc2n1. The Morgan fingerprint density at radius 3 is 3.00 bits per heavy atom. The van der Waals surface area contributed by atoms with Crippen molar-refractivity contribution in [3.63, 3.8) is 0 Å². The molecule has 0 spiro atoms. The van der Waals surface area contributed by atoms with Crippen LogP contribution in [0.25, 0.3) is 5.65 Å². The van der Waals surface area contributed by atoms with Crippen molar-refractivity contribution in [2.45, 2.75) is 6.92 Å². The molecule has 0 atom stereocenters. The number of rotatable bonds is 3. The second-order valence-electron chi connectivity index (χ2n) is 3.19. The van der Waals surface area contributed by atoms with Crippen molar-refractivity contribution in [1.82, 2.24) is 9.38 Å². The van der Waals surface area contributed by atoms with Crippen molar-refractivity contribution in [1.29, 1.82) is 0 Å². The summed E-state index contributed by atoms with van der Waals surface area (Å²) in [5, 5.41) is 0. The molecule has 0 aliphatic heterocycles. The number of nitrogens with zero attached hydrogens (tertiary/aromatic N) is 2. The highest BCUT2D eigenvalue weighted by Gasteiger charge is 2.11. The van der Waals surface area contributed by atoms with Crippen LogP contribution in [0.1, 0.15) is 27.8 Å².